The molecule has 0 spiro atoms. The maximum absolute atomic E-state index is 6.02. The van der Waals surface area contributed by atoms with Crippen LogP contribution in [-0.4, -0.2) is 32.7 Å². The minimum Gasteiger partial charge on any atom is -0.496 e. The summed E-state index contributed by atoms with van der Waals surface area (Å²) in [5.74, 6) is 2.70. The molecule has 2 aromatic heterocycles. The highest BCUT2D eigenvalue weighted by molar-refractivity contribution is 5.78. The van der Waals surface area contributed by atoms with Crippen molar-refractivity contribution >= 4 is 10.9 Å². The van der Waals surface area contributed by atoms with Gasteiger partial charge in [0.1, 0.15) is 30.5 Å². The fraction of sp³-hybridized carbons (Fsp3) is 0.120. The van der Waals surface area contributed by atoms with E-state index in [1.807, 2.05) is 72.8 Å². The third-order valence-corrected chi connectivity index (χ3v) is 5.14. The first-order chi connectivity index (χ1) is 16.3. The van der Waals surface area contributed by atoms with Gasteiger partial charge >= 0.3 is 0 Å². The van der Waals surface area contributed by atoms with Gasteiger partial charge in [-0.1, -0.05) is 30.3 Å². The number of hydrogen-bond acceptors (Lipinski definition) is 7. The van der Waals surface area contributed by atoms with Crippen LogP contribution in [0.5, 0.6) is 17.2 Å². The van der Waals surface area contributed by atoms with Gasteiger partial charge in [0.2, 0.25) is 0 Å². The number of aromatic amines is 1. The summed E-state index contributed by atoms with van der Waals surface area (Å²) in [6.45, 7) is 0.684. The summed E-state index contributed by atoms with van der Waals surface area (Å²) in [4.78, 5) is 4.65. The maximum Gasteiger partial charge on any atom is 0.179 e. The van der Waals surface area contributed by atoms with E-state index in [0.29, 0.717) is 30.5 Å². The Hall–Kier alpha value is -4.46. The van der Waals surface area contributed by atoms with E-state index in [1.54, 1.807) is 7.11 Å². The third-order valence-electron chi connectivity index (χ3n) is 5.14. The molecule has 0 unspecified atom stereocenters. The van der Waals surface area contributed by atoms with Crippen LogP contribution in [0.3, 0.4) is 0 Å². The highest BCUT2D eigenvalue weighted by Crippen LogP contribution is 2.27. The van der Waals surface area contributed by atoms with E-state index in [1.165, 1.54) is 0 Å². The second-order valence-electron chi connectivity index (χ2n) is 7.32. The first kappa shape index (κ1) is 20.4. The molecule has 0 bridgehead atoms. The monoisotopic (exact) mass is 439 g/mol. The highest BCUT2D eigenvalue weighted by Gasteiger charge is 2.10. The Morgan fingerprint density at radius 2 is 1.67 bits per heavy atom. The Kier molecular flexibility index (Phi) is 5.79. The number of tetrazole rings is 1. The van der Waals surface area contributed by atoms with Crippen LogP contribution in [-0.2, 0) is 13.2 Å². The molecule has 0 aliphatic heterocycles. The van der Waals surface area contributed by atoms with Gasteiger partial charge in [-0.3, -0.25) is 0 Å². The van der Waals surface area contributed by atoms with E-state index in [-0.39, 0.29) is 0 Å². The zero-order valence-electron chi connectivity index (χ0n) is 17.9. The number of nitrogens with one attached hydrogen (secondary N) is 1. The second kappa shape index (κ2) is 9.35. The van der Waals surface area contributed by atoms with Crippen LogP contribution in [0.4, 0.5) is 0 Å². The van der Waals surface area contributed by atoms with Crippen molar-refractivity contribution in [3.05, 3.63) is 90.1 Å². The summed E-state index contributed by atoms with van der Waals surface area (Å²) in [7, 11) is 1.63. The van der Waals surface area contributed by atoms with Crippen LogP contribution in [0, 0.1) is 0 Å². The summed E-state index contributed by atoms with van der Waals surface area (Å²) in [6.07, 6.45) is 0. The second-order valence-corrected chi connectivity index (χ2v) is 7.32. The molecule has 0 saturated carbocycles. The largest absolute Gasteiger partial charge is 0.496 e. The molecule has 0 aliphatic rings. The van der Waals surface area contributed by atoms with Gasteiger partial charge in [-0.2, -0.15) is 0 Å². The molecular weight excluding hydrogens is 418 g/mol. The smallest absolute Gasteiger partial charge is 0.179 e. The summed E-state index contributed by atoms with van der Waals surface area (Å²) in [6, 6.07) is 25.3. The lowest BCUT2D eigenvalue weighted by atomic mass is 10.1. The predicted molar refractivity (Wildman–Crippen MR) is 123 cm³/mol. The van der Waals surface area contributed by atoms with Crippen molar-refractivity contribution in [1.29, 1.82) is 0 Å². The average molecular weight is 439 g/mol. The molecule has 0 atom stereocenters. The Morgan fingerprint density at radius 1 is 0.818 bits per heavy atom. The number of para-hydroxylation sites is 1. The van der Waals surface area contributed by atoms with E-state index < -0.39 is 0 Å². The molecule has 2 heterocycles. The number of aromatic nitrogens is 5. The third kappa shape index (κ3) is 4.74. The Labute approximate surface area is 190 Å². The number of fused-ring (bicyclic) bond motifs is 1. The van der Waals surface area contributed by atoms with Gasteiger partial charge < -0.3 is 14.2 Å². The van der Waals surface area contributed by atoms with Crippen molar-refractivity contribution < 1.29 is 14.2 Å². The Morgan fingerprint density at radius 3 is 2.48 bits per heavy atom. The van der Waals surface area contributed by atoms with Crippen molar-refractivity contribution in [2.24, 2.45) is 0 Å². The summed E-state index contributed by atoms with van der Waals surface area (Å²) < 4.78 is 17.4. The number of hydrogen-bond donors (Lipinski definition) is 1. The highest BCUT2D eigenvalue weighted by atomic mass is 16.5. The number of benzene rings is 3. The minimum absolute atomic E-state index is 0.314. The van der Waals surface area contributed by atoms with Crippen molar-refractivity contribution in [1.82, 2.24) is 25.6 Å². The minimum atomic E-state index is 0.314. The van der Waals surface area contributed by atoms with Crippen molar-refractivity contribution in [2.75, 3.05) is 7.11 Å². The van der Waals surface area contributed by atoms with Crippen molar-refractivity contribution in [2.45, 2.75) is 13.2 Å². The molecule has 3 aromatic carbocycles. The zero-order valence-corrected chi connectivity index (χ0v) is 17.9. The lowest BCUT2D eigenvalue weighted by Gasteiger charge is -2.12. The van der Waals surface area contributed by atoms with Gasteiger partial charge in [0.15, 0.2) is 5.82 Å². The number of nitrogens with zero attached hydrogens (tertiary/aromatic N) is 4. The van der Waals surface area contributed by atoms with Gasteiger partial charge in [-0.15, -0.1) is 5.10 Å². The Balaban J connectivity index is 1.26. The molecule has 8 heteroatoms. The van der Waals surface area contributed by atoms with Gasteiger partial charge in [0.05, 0.1) is 18.3 Å². The van der Waals surface area contributed by atoms with Gasteiger partial charge in [-0.25, -0.2) is 10.1 Å². The van der Waals surface area contributed by atoms with Gasteiger partial charge in [0.25, 0.3) is 0 Å². The molecular formula is C25H21N5O3. The fourth-order valence-electron chi connectivity index (χ4n) is 3.48. The van der Waals surface area contributed by atoms with Crippen LogP contribution < -0.4 is 14.2 Å². The van der Waals surface area contributed by atoms with Crippen LogP contribution in [0.2, 0.25) is 0 Å². The molecule has 0 aliphatic carbocycles. The molecule has 8 nitrogen and oxygen atoms in total. The van der Waals surface area contributed by atoms with Crippen LogP contribution in [0.1, 0.15) is 11.3 Å². The molecule has 1 N–H and O–H groups in total. The van der Waals surface area contributed by atoms with Gasteiger partial charge in [-0.05, 0) is 52.9 Å². The number of pyridine rings is 1. The van der Waals surface area contributed by atoms with Crippen molar-refractivity contribution in [3.63, 3.8) is 0 Å². The lowest BCUT2D eigenvalue weighted by Crippen LogP contribution is -2.01. The van der Waals surface area contributed by atoms with E-state index in [9.17, 15) is 0 Å². The molecule has 164 valence electrons. The standard InChI is InChI=1S/C25H21N5O3/c1-31-24-12-10-18(25-27-29-30-28-25)13-19(24)15-32-21-6-4-7-22(14-21)33-16-20-11-9-17-5-2-3-8-23(17)26-20/h2-14H,15-16H2,1H3,(H,27,28,29,30). The maximum atomic E-state index is 6.02. The normalized spacial score (nSPS) is 10.8. The van der Waals surface area contributed by atoms with E-state index >= 15 is 0 Å². The lowest BCUT2D eigenvalue weighted by molar-refractivity contribution is 0.284. The SMILES string of the molecule is COc1ccc(-c2nnn[nH]2)cc1COc1cccc(OCc2ccc3ccccc3n2)c1. The molecule has 5 aromatic rings. The van der Waals surface area contributed by atoms with Crippen LogP contribution >= 0.6 is 0 Å². The molecule has 0 saturated heterocycles. The van der Waals surface area contributed by atoms with Crippen LogP contribution in [0.15, 0.2) is 78.9 Å². The topological polar surface area (TPSA) is 95.0 Å². The van der Waals surface area contributed by atoms with E-state index in [4.69, 9.17) is 14.2 Å². The summed E-state index contributed by atoms with van der Waals surface area (Å²) in [5, 5.41) is 15.1. The van der Waals surface area contributed by atoms with Crippen molar-refractivity contribution in [3.8, 4) is 28.6 Å². The van der Waals surface area contributed by atoms with Crippen LogP contribution in [0.25, 0.3) is 22.3 Å². The average Bonchev–Trinajstić information content (AvgIpc) is 3.41. The number of H-pyrrole nitrogens is 1. The molecule has 5 rings (SSSR count). The molecule has 0 fully saturated rings. The molecule has 0 amide bonds. The summed E-state index contributed by atoms with van der Waals surface area (Å²) >= 11 is 0. The Bertz CT molecular complexity index is 1370. The van der Waals surface area contributed by atoms with E-state index in [2.05, 4.69) is 31.7 Å². The first-order valence-electron chi connectivity index (χ1n) is 10.4. The van der Waals surface area contributed by atoms with Gasteiger partial charge in [0, 0.05) is 22.6 Å². The zero-order chi connectivity index (χ0) is 22.5. The fourth-order valence-corrected chi connectivity index (χ4v) is 3.48. The molecule has 0 radical (unpaired) electrons. The predicted octanol–water partition coefficient (Wildman–Crippen LogP) is 4.58. The van der Waals surface area contributed by atoms with E-state index in [0.717, 1.165) is 33.5 Å². The number of methoxy groups -OCH3 is 1. The summed E-state index contributed by atoms with van der Waals surface area (Å²) in [5.41, 5.74) is 3.54. The number of rotatable bonds is 8. The first-order valence-corrected chi connectivity index (χ1v) is 10.4. The molecule has 33 heavy (non-hydrogen) atoms. The number of ether oxygens (including phenoxy) is 3. The quantitative estimate of drug-likeness (QED) is 0.378.